The first-order valence-electron chi connectivity index (χ1n) is 10.1. The standard InChI is InChI=1S/C25H21N3O4S/c1-31-22-15-19(12-13-21(22)29)16-26-27-25-28(17-20-10-6-14-32-20)24(30)23(33-25)11-5-9-18-7-3-2-4-8-18/h2-16,29H,17H2,1H3/b9-5+,23-11-,26-16+,27-25-. The van der Waals surface area contributed by atoms with Crippen molar-refractivity contribution in [3.63, 3.8) is 0 Å². The summed E-state index contributed by atoms with van der Waals surface area (Å²) in [5.41, 5.74) is 1.74. The SMILES string of the molecule is COc1cc(/C=N/N=C2\S/C(=C\C=C\c3ccccc3)C(=O)N2Cc2ccco2)ccc1O. The molecule has 1 aliphatic rings. The van der Waals surface area contributed by atoms with Gasteiger partial charge < -0.3 is 14.3 Å². The Morgan fingerprint density at radius 3 is 2.73 bits per heavy atom. The van der Waals surface area contributed by atoms with Crippen LogP contribution in [-0.4, -0.2) is 34.4 Å². The number of carbonyl (C=O) groups is 1. The van der Waals surface area contributed by atoms with Gasteiger partial charge in [-0.15, -0.1) is 5.10 Å². The molecule has 4 rings (SSSR count). The number of amidine groups is 1. The van der Waals surface area contributed by atoms with E-state index in [0.717, 1.165) is 5.56 Å². The Labute approximate surface area is 195 Å². The third kappa shape index (κ3) is 5.61. The van der Waals surface area contributed by atoms with Gasteiger partial charge in [-0.05, 0) is 59.3 Å². The summed E-state index contributed by atoms with van der Waals surface area (Å²) in [5.74, 6) is 0.854. The van der Waals surface area contributed by atoms with Gasteiger partial charge in [0.1, 0.15) is 5.76 Å². The fourth-order valence-electron chi connectivity index (χ4n) is 3.02. The molecule has 1 N–H and O–H groups in total. The van der Waals surface area contributed by atoms with Gasteiger partial charge in [0.05, 0.1) is 31.0 Å². The Balaban J connectivity index is 1.56. The lowest BCUT2D eigenvalue weighted by Gasteiger charge is -2.12. The van der Waals surface area contributed by atoms with Crippen LogP contribution < -0.4 is 4.74 Å². The number of aromatic hydroxyl groups is 1. The zero-order valence-corrected chi connectivity index (χ0v) is 18.6. The van der Waals surface area contributed by atoms with Gasteiger partial charge in [-0.2, -0.15) is 5.10 Å². The molecule has 3 aromatic rings. The van der Waals surface area contributed by atoms with E-state index in [2.05, 4.69) is 10.2 Å². The number of thioether (sulfide) groups is 1. The van der Waals surface area contributed by atoms with Crippen LogP contribution in [0, 0.1) is 0 Å². The van der Waals surface area contributed by atoms with Crippen molar-refractivity contribution < 1.29 is 19.1 Å². The molecule has 1 aromatic heterocycles. The second kappa shape index (κ2) is 10.5. The van der Waals surface area contributed by atoms with E-state index in [4.69, 9.17) is 9.15 Å². The minimum atomic E-state index is -0.172. The molecule has 0 saturated carbocycles. The number of furan rings is 1. The summed E-state index contributed by atoms with van der Waals surface area (Å²) in [7, 11) is 1.48. The molecule has 2 aromatic carbocycles. The molecule has 7 nitrogen and oxygen atoms in total. The zero-order chi connectivity index (χ0) is 23.0. The summed E-state index contributed by atoms with van der Waals surface area (Å²) >= 11 is 1.25. The van der Waals surface area contributed by atoms with Crippen molar-refractivity contribution >= 4 is 35.1 Å². The monoisotopic (exact) mass is 459 g/mol. The van der Waals surface area contributed by atoms with Crippen molar-refractivity contribution in [3.8, 4) is 11.5 Å². The van der Waals surface area contributed by atoms with Gasteiger partial charge in [0.25, 0.3) is 5.91 Å². The van der Waals surface area contributed by atoms with Gasteiger partial charge in [0.15, 0.2) is 16.7 Å². The Kier molecular flexibility index (Phi) is 7.06. The summed E-state index contributed by atoms with van der Waals surface area (Å²) in [6.45, 7) is 0.250. The molecule has 2 heterocycles. The number of rotatable bonds is 7. The number of methoxy groups -OCH3 is 1. The normalized spacial score (nSPS) is 16.6. The molecule has 1 amide bonds. The average Bonchev–Trinajstić information content (AvgIpc) is 3.45. The quantitative estimate of drug-likeness (QED) is 0.303. The van der Waals surface area contributed by atoms with E-state index in [1.807, 2.05) is 42.5 Å². The molecule has 1 aliphatic heterocycles. The second-order valence-electron chi connectivity index (χ2n) is 6.93. The van der Waals surface area contributed by atoms with Crippen LogP contribution in [0.25, 0.3) is 6.08 Å². The molecule has 33 heavy (non-hydrogen) atoms. The lowest BCUT2D eigenvalue weighted by Crippen LogP contribution is -2.28. The van der Waals surface area contributed by atoms with Crippen LogP contribution in [-0.2, 0) is 11.3 Å². The maximum absolute atomic E-state index is 13.0. The van der Waals surface area contributed by atoms with Crippen molar-refractivity contribution in [3.05, 3.63) is 101 Å². The van der Waals surface area contributed by atoms with Gasteiger partial charge in [-0.25, -0.2) is 0 Å². The average molecular weight is 460 g/mol. The molecule has 0 spiro atoms. The maximum atomic E-state index is 13.0. The first kappa shape index (κ1) is 22.2. The summed E-state index contributed by atoms with van der Waals surface area (Å²) in [5, 5.41) is 18.6. The van der Waals surface area contributed by atoms with Crippen LogP contribution in [0.1, 0.15) is 16.9 Å². The van der Waals surface area contributed by atoms with Crippen LogP contribution in [0.5, 0.6) is 11.5 Å². The van der Waals surface area contributed by atoms with E-state index >= 15 is 0 Å². The number of phenolic OH excluding ortho intramolecular Hbond substituents is 1. The van der Waals surface area contributed by atoms with Crippen LogP contribution in [0.3, 0.4) is 0 Å². The van der Waals surface area contributed by atoms with Gasteiger partial charge >= 0.3 is 0 Å². The highest BCUT2D eigenvalue weighted by molar-refractivity contribution is 8.18. The summed E-state index contributed by atoms with van der Waals surface area (Å²) in [6, 6.07) is 18.3. The molecule has 0 aliphatic carbocycles. The molecule has 0 bridgehead atoms. The number of phenols is 1. The third-order valence-electron chi connectivity index (χ3n) is 4.67. The lowest BCUT2D eigenvalue weighted by atomic mass is 10.2. The predicted molar refractivity (Wildman–Crippen MR) is 130 cm³/mol. The molecule has 8 heteroatoms. The van der Waals surface area contributed by atoms with Gasteiger partial charge in [0.2, 0.25) is 0 Å². The first-order valence-corrected chi connectivity index (χ1v) is 10.9. The molecular weight excluding hydrogens is 438 g/mol. The van der Waals surface area contributed by atoms with Crippen molar-refractivity contribution in [2.75, 3.05) is 7.11 Å². The van der Waals surface area contributed by atoms with Gasteiger partial charge in [0, 0.05) is 0 Å². The van der Waals surface area contributed by atoms with Crippen molar-refractivity contribution in [1.82, 2.24) is 4.90 Å². The van der Waals surface area contributed by atoms with Crippen LogP contribution in [0.15, 0.2) is 98.6 Å². The van der Waals surface area contributed by atoms with Crippen molar-refractivity contribution in [2.45, 2.75) is 6.54 Å². The first-order chi connectivity index (χ1) is 16.1. The lowest BCUT2D eigenvalue weighted by molar-refractivity contribution is -0.122. The highest BCUT2D eigenvalue weighted by Gasteiger charge is 2.33. The molecule has 0 radical (unpaired) electrons. The van der Waals surface area contributed by atoms with Crippen LogP contribution in [0.4, 0.5) is 0 Å². The number of hydrogen-bond acceptors (Lipinski definition) is 7. The minimum absolute atomic E-state index is 0.0425. The molecule has 0 atom stereocenters. The van der Waals surface area contributed by atoms with E-state index in [0.29, 0.717) is 27.1 Å². The highest BCUT2D eigenvalue weighted by atomic mass is 32.2. The minimum Gasteiger partial charge on any atom is -0.504 e. The van der Waals surface area contributed by atoms with Crippen molar-refractivity contribution in [1.29, 1.82) is 0 Å². The van der Waals surface area contributed by atoms with Gasteiger partial charge in [-0.3, -0.25) is 9.69 Å². The molecular formula is C25H21N3O4S. The van der Waals surface area contributed by atoms with Crippen molar-refractivity contribution in [2.24, 2.45) is 10.2 Å². The fourth-order valence-corrected chi connectivity index (χ4v) is 3.91. The third-order valence-corrected chi connectivity index (χ3v) is 5.69. The summed E-state index contributed by atoms with van der Waals surface area (Å²) < 4.78 is 10.5. The fraction of sp³-hybridized carbons (Fsp3) is 0.0800. The van der Waals surface area contributed by atoms with E-state index in [1.54, 1.807) is 36.6 Å². The van der Waals surface area contributed by atoms with E-state index in [1.165, 1.54) is 36.1 Å². The van der Waals surface area contributed by atoms with E-state index in [9.17, 15) is 9.90 Å². The van der Waals surface area contributed by atoms with Crippen LogP contribution in [0.2, 0.25) is 0 Å². The van der Waals surface area contributed by atoms with Crippen LogP contribution >= 0.6 is 11.8 Å². The molecule has 1 saturated heterocycles. The maximum Gasteiger partial charge on any atom is 0.267 e. The largest absolute Gasteiger partial charge is 0.504 e. The second-order valence-corrected chi connectivity index (χ2v) is 7.94. The van der Waals surface area contributed by atoms with E-state index in [-0.39, 0.29) is 18.2 Å². The number of carbonyl (C=O) groups excluding carboxylic acids is 1. The number of hydrogen-bond donors (Lipinski definition) is 1. The molecule has 0 unspecified atom stereocenters. The van der Waals surface area contributed by atoms with E-state index < -0.39 is 0 Å². The summed E-state index contributed by atoms with van der Waals surface area (Å²) in [6.07, 6.45) is 8.64. The Morgan fingerprint density at radius 2 is 1.97 bits per heavy atom. The summed E-state index contributed by atoms with van der Waals surface area (Å²) in [4.78, 5) is 15.1. The number of benzene rings is 2. The number of amides is 1. The smallest absolute Gasteiger partial charge is 0.267 e. The molecule has 1 fully saturated rings. The predicted octanol–water partition coefficient (Wildman–Crippen LogP) is 5.06. The Hall–Kier alpha value is -4.04. The number of ether oxygens (including phenoxy) is 1. The number of allylic oxidation sites excluding steroid dienone is 2. The van der Waals surface area contributed by atoms with Gasteiger partial charge in [-0.1, -0.05) is 42.5 Å². The number of nitrogens with zero attached hydrogens (tertiary/aromatic N) is 3. The zero-order valence-electron chi connectivity index (χ0n) is 17.8. The topological polar surface area (TPSA) is 87.6 Å². The molecule has 166 valence electrons. The highest BCUT2D eigenvalue weighted by Crippen LogP contribution is 2.32. The Bertz CT molecular complexity index is 1230. The Morgan fingerprint density at radius 1 is 1.12 bits per heavy atom.